The smallest absolute Gasteiger partial charge is 0.251 e. The molecule has 1 aromatic carbocycles. The molecule has 0 aliphatic heterocycles. The van der Waals surface area contributed by atoms with E-state index in [4.69, 9.17) is 17.3 Å². The van der Waals surface area contributed by atoms with Gasteiger partial charge in [-0.2, -0.15) is 0 Å². The van der Waals surface area contributed by atoms with Crippen molar-refractivity contribution in [1.29, 1.82) is 0 Å². The molecule has 5 aromatic rings. The van der Waals surface area contributed by atoms with Gasteiger partial charge in [-0.3, -0.25) is 14.8 Å². The second-order valence-corrected chi connectivity index (χ2v) is 8.41. The molecule has 4 N–H and O–H groups in total. The van der Waals surface area contributed by atoms with Crippen molar-refractivity contribution in [2.45, 2.75) is 19.9 Å². The number of nitrogens with zero attached hydrogens (tertiary/aromatic N) is 3. The van der Waals surface area contributed by atoms with Gasteiger partial charge < -0.3 is 16.0 Å². The number of hydrogen-bond acceptors (Lipinski definition) is 5. The first kappa shape index (κ1) is 20.9. The summed E-state index contributed by atoms with van der Waals surface area (Å²) in [7, 11) is 0. The van der Waals surface area contributed by atoms with E-state index in [2.05, 4.69) is 25.3 Å². The molecule has 7 nitrogen and oxygen atoms in total. The number of nitrogens with one attached hydrogen (secondary N) is 2. The summed E-state index contributed by atoms with van der Waals surface area (Å²) in [6, 6.07) is 11.6. The number of anilines is 1. The normalized spacial score (nSPS) is 11.2. The lowest BCUT2D eigenvalue weighted by atomic mass is 10.00. The van der Waals surface area contributed by atoms with Gasteiger partial charge in [0.2, 0.25) is 0 Å². The highest BCUT2D eigenvalue weighted by Gasteiger charge is 2.13. The second-order valence-electron chi connectivity index (χ2n) is 7.98. The number of carbonyl (C=O) groups excluding carboxylic acids is 1. The van der Waals surface area contributed by atoms with Crippen LogP contribution in [0.2, 0.25) is 5.02 Å². The molecule has 0 spiro atoms. The van der Waals surface area contributed by atoms with Gasteiger partial charge in [-0.25, -0.2) is 4.98 Å². The van der Waals surface area contributed by atoms with E-state index in [1.165, 1.54) is 0 Å². The Labute approximate surface area is 195 Å². The molecule has 0 radical (unpaired) electrons. The third-order valence-corrected chi connectivity index (χ3v) is 5.92. The van der Waals surface area contributed by atoms with Crippen LogP contribution >= 0.6 is 11.6 Å². The zero-order valence-electron chi connectivity index (χ0n) is 17.9. The zero-order chi connectivity index (χ0) is 22.9. The highest BCUT2D eigenvalue weighted by atomic mass is 35.5. The molecule has 5 rings (SSSR count). The Bertz CT molecular complexity index is 1510. The molecule has 4 heterocycles. The van der Waals surface area contributed by atoms with Crippen LogP contribution in [0.3, 0.4) is 0 Å². The number of aromatic amines is 1. The summed E-state index contributed by atoms with van der Waals surface area (Å²) in [6.07, 6.45) is 7.29. The van der Waals surface area contributed by atoms with Crippen molar-refractivity contribution in [3.05, 3.63) is 94.0 Å². The van der Waals surface area contributed by atoms with Gasteiger partial charge in [-0.05, 0) is 60.4 Å². The zero-order valence-corrected chi connectivity index (χ0v) is 18.6. The maximum atomic E-state index is 13.0. The van der Waals surface area contributed by atoms with Crippen LogP contribution in [-0.2, 0) is 13.0 Å². The van der Waals surface area contributed by atoms with Crippen LogP contribution in [0.15, 0.2) is 61.2 Å². The standard InChI is InChI=1S/C25H21ClN6O/c1-14-21-8-16(10-30-24(21)32-23(14)27)11-31-25(33)20-4-5-28-12-18(20)7-15-2-3-22-17(6-15)9-19(26)13-29-22/h2-6,8-10,12-13H,7,11,27H2,1H3,(H,30,32)(H,31,33). The van der Waals surface area contributed by atoms with Crippen LogP contribution in [0.25, 0.3) is 21.9 Å². The number of pyridine rings is 3. The molecule has 4 aromatic heterocycles. The molecule has 0 atom stereocenters. The van der Waals surface area contributed by atoms with E-state index in [1.54, 1.807) is 30.9 Å². The summed E-state index contributed by atoms with van der Waals surface area (Å²) in [6.45, 7) is 2.30. The summed E-state index contributed by atoms with van der Waals surface area (Å²) in [5, 5.41) is 5.49. The molecule has 0 bridgehead atoms. The average molecular weight is 457 g/mol. The number of H-pyrrole nitrogens is 1. The molecule has 0 aliphatic rings. The lowest BCUT2D eigenvalue weighted by molar-refractivity contribution is 0.0950. The second kappa shape index (κ2) is 8.52. The number of nitrogen functional groups attached to an aromatic ring is 1. The highest BCUT2D eigenvalue weighted by molar-refractivity contribution is 6.31. The third kappa shape index (κ3) is 4.23. The maximum Gasteiger partial charge on any atom is 0.251 e. The van der Waals surface area contributed by atoms with Crippen molar-refractivity contribution in [3.8, 4) is 0 Å². The number of benzene rings is 1. The molecule has 0 fully saturated rings. The van der Waals surface area contributed by atoms with Crippen LogP contribution in [0, 0.1) is 6.92 Å². The fourth-order valence-corrected chi connectivity index (χ4v) is 4.07. The predicted molar refractivity (Wildman–Crippen MR) is 130 cm³/mol. The summed E-state index contributed by atoms with van der Waals surface area (Å²) in [5.41, 5.74) is 11.9. The molecule has 33 heavy (non-hydrogen) atoms. The minimum Gasteiger partial charge on any atom is -0.385 e. The molecule has 0 unspecified atom stereocenters. The van der Waals surface area contributed by atoms with Crippen molar-refractivity contribution in [2.24, 2.45) is 0 Å². The predicted octanol–water partition coefficient (Wildman–Crippen LogP) is 4.57. The first-order valence-electron chi connectivity index (χ1n) is 10.5. The minimum absolute atomic E-state index is 0.164. The number of carbonyl (C=O) groups is 1. The number of aryl methyl sites for hydroxylation is 1. The molecule has 0 saturated heterocycles. The topological polar surface area (TPSA) is 110 Å². The van der Waals surface area contributed by atoms with Gasteiger partial charge in [0.1, 0.15) is 11.5 Å². The maximum absolute atomic E-state index is 13.0. The number of amides is 1. The number of aromatic nitrogens is 4. The Kier molecular flexibility index (Phi) is 5.40. The quantitative estimate of drug-likeness (QED) is 0.359. The summed E-state index contributed by atoms with van der Waals surface area (Å²) >= 11 is 6.09. The SMILES string of the molecule is Cc1c(N)[nH]c2ncc(CNC(=O)c3ccncc3Cc3ccc4ncc(Cl)cc4c3)cc12. The number of nitrogens with two attached hydrogens (primary N) is 1. The average Bonchev–Trinajstić information content (AvgIpc) is 3.10. The van der Waals surface area contributed by atoms with E-state index >= 15 is 0 Å². The monoisotopic (exact) mass is 456 g/mol. The van der Waals surface area contributed by atoms with Crippen LogP contribution in [-0.4, -0.2) is 25.8 Å². The largest absolute Gasteiger partial charge is 0.385 e. The van der Waals surface area contributed by atoms with Crippen molar-refractivity contribution in [1.82, 2.24) is 25.3 Å². The molecule has 164 valence electrons. The Morgan fingerprint density at radius 3 is 2.85 bits per heavy atom. The van der Waals surface area contributed by atoms with Crippen molar-refractivity contribution in [3.63, 3.8) is 0 Å². The third-order valence-electron chi connectivity index (χ3n) is 5.71. The Morgan fingerprint density at radius 2 is 1.97 bits per heavy atom. The van der Waals surface area contributed by atoms with Gasteiger partial charge in [-0.1, -0.05) is 17.7 Å². The first-order chi connectivity index (χ1) is 16.0. The molecule has 1 amide bonds. The van der Waals surface area contributed by atoms with Crippen molar-refractivity contribution >= 4 is 45.3 Å². The van der Waals surface area contributed by atoms with Gasteiger partial charge in [0, 0.05) is 53.2 Å². The van der Waals surface area contributed by atoms with E-state index < -0.39 is 0 Å². The van der Waals surface area contributed by atoms with E-state index in [1.807, 2.05) is 37.3 Å². The van der Waals surface area contributed by atoms with Gasteiger partial charge in [0.05, 0.1) is 10.5 Å². The number of fused-ring (bicyclic) bond motifs is 2. The summed E-state index contributed by atoms with van der Waals surface area (Å²) < 4.78 is 0. The Hall–Kier alpha value is -3.97. The van der Waals surface area contributed by atoms with Gasteiger partial charge >= 0.3 is 0 Å². The highest BCUT2D eigenvalue weighted by Crippen LogP contribution is 2.23. The van der Waals surface area contributed by atoms with E-state index in [9.17, 15) is 4.79 Å². The molecule has 0 saturated carbocycles. The van der Waals surface area contributed by atoms with E-state index in [0.29, 0.717) is 29.4 Å². The Morgan fingerprint density at radius 1 is 1.09 bits per heavy atom. The Balaban J connectivity index is 1.35. The number of hydrogen-bond donors (Lipinski definition) is 3. The van der Waals surface area contributed by atoms with Crippen LogP contribution < -0.4 is 11.1 Å². The summed E-state index contributed by atoms with van der Waals surface area (Å²) in [5.74, 6) is 0.440. The van der Waals surface area contributed by atoms with Crippen LogP contribution in [0.1, 0.15) is 32.6 Å². The minimum atomic E-state index is -0.164. The van der Waals surface area contributed by atoms with Crippen molar-refractivity contribution < 1.29 is 4.79 Å². The van der Waals surface area contributed by atoms with E-state index in [-0.39, 0.29) is 5.91 Å². The molecule has 8 heteroatoms. The fraction of sp³-hybridized carbons (Fsp3) is 0.120. The molecule has 0 aliphatic carbocycles. The fourth-order valence-electron chi connectivity index (χ4n) is 3.91. The number of rotatable bonds is 5. The molecular formula is C25H21ClN6O. The lowest BCUT2D eigenvalue weighted by Gasteiger charge is -2.11. The van der Waals surface area contributed by atoms with E-state index in [0.717, 1.165) is 44.2 Å². The van der Waals surface area contributed by atoms with Crippen molar-refractivity contribution in [2.75, 3.05) is 5.73 Å². The molecular weight excluding hydrogens is 436 g/mol. The summed E-state index contributed by atoms with van der Waals surface area (Å²) in [4.78, 5) is 29.0. The van der Waals surface area contributed by atoms with Gasteiger partial charge in [0.15, 0.2) is 0 Å². The van der Waals surface area contributed by atoms with Crippen LogP contribution in [0.4, 0.5) is 5.82 Å². The lowest BCUT2D eigenvalue weighted by Crippen LogP contribution is -2.24. The number of halogens is 1. The van der Waals surface area contributed by atoms with Gasteiger partial charge in [-0.15, -0.1) is 0 Å². The first-order valence-corrected chi connectivity index (χ1v) is 10.8. The van der Waals surface area contributed by atoms with Crippen LogP contribution in [0.5, 0.6) is 0 Å². The van der Waals surface area contributed by atoms with Gasteiger partial charge in [0.25, 0.3) is 5.91 Å².